The van der Waals surface area contributed by atoms with Gasteiger partial charge in [-0.15, -0.1) is 11.3 Å². The fraction of sp³-hybridized carbons (Fsp3) is 0.522. The van der Waals surface area contributed by atoms with Crippen LogP contribution in [0.4, 0.5) is 5.13 Å². The average Bonchev–Trinajstić information content (AvgIpc) is 3.55. The predicted molar refractivity (Wildman–Crippen MR) is 128 cm³/mol. The van der Waals surface area contributed by atoms with E-state index in [0.717, 1.165) is 36.6 Å². The van der Waals surface area contributed by atoms with Crippen LogP contribution < -0.4 is 16.1 Å². The lowest BCUT2D eigenvalue weighted by molar-refractivity contribution is 0.0768. The molecule has 174 valence electrons. The van der Waals surface area contributed by atoms with Crippen LogP contribution in [0, 0.1) is 5.92 Å². The fourth-order valence-corrected chi connectivity index (χ4v) is 5.14. The number of H-pyrrole nitrogens is 1. The molecule has 3 aromatic rings. The van der Waals surface area contributed by atoms with Gasteiger partial charge in [-0.1, -0.05) is 13.8 Å². The molecule has 2 fully saturated rings. The second-order valence-electron chi connectivity index (χ2n) is 9.28. The number of thiazole rings is 1. The Balaban J connectivity index is 1.56. The maximum Gasteiger partial charge on any atom is 0.330 e. The number of anilines is 1. The number of rotatable bonds is 5. The van der Waals surface area contributed by atoms with Crippen molar-refractivity contribution < 1.29 is 4.79 Å². The summed E-state index contributed by atoms with van der Waals surface area (Å²) in [7, 11) is 0. The molecule has 0 atom stereocenters. The maximum atomic E-state index is 13.8. The monoisotopic (exact) mass is 468 g/mol. The summed E-state index contributed by atoms with van der Waals surface area (Å²) in [6.45, 7) is 7.10. The lowest BCUT2D eigenvalue weighted by Gasteiger charge is -2.23. The van der Waals surface area contributed by atoms with Crippen LogP contribution in [0.5, 0.6) is 0 Å². The number of carbonyl (C=O) groups excluding carboxylic acids is 1. The van der Waals surface area contributed by atoms with Crippen molar-refractivity contribution in [1.82, 2.24) is 24.4 Å². The molecule has 0 unspecified atom stereocenters. The standard InChI is InChI=1S/C23H28N6O3S/c1-14(2)13-29-19-18(20(30)26-22(29)32)16(12-17(25-19)15-4-5-15)21(31)27-7-3-8-28(10-9-27)23-24-6-11-33-23/h6,11-12,14-15H,3-5,7-10,13H2,1-2H3,(H,26,30,32). The third kappa shape index (κ3) is 4.31. The minimum absolute atomic E-state index is 0.175. The molecule has 1 N–H and O–H groups in total. The lowest BCUT2D eigenvalue weighted by atomic mass is 10.1. The number of nitrogens with one attached hydrogen (secondary N) is 1. The number of nitrogens with zero attached hydrogens (tertiary/aromatic N) is 5. The van der Waals surface area contributed by atoms with Crippen molar-refractivity contribution in [2.24, 2.45) is 5.92 Å². The minimum Gasteiger partial charge on any atom is -0.346 e. The van der Waals surface area contributed by atoms with E-state index >= 15 is 0 Å². The molecule has 1 saturated carbocycles. The number of carbonyl (C=O) groups is 1. The van der Waals surface area contributed by atoms with Crippen molar-refractivity contribution in [3.63, 3.8) is 0 Å². The van der Waals surface area contributed by atoms with Gasteiger partial charge in [0.2, 0.25) is 0 Å². The summed E-state index contributed by atoms with van der Waals surface area (Å²) in [6.07, 6.45) is 4.63. The zero-order valence-electron chi connectivity index (χ0n) is 18.9. The van der Waals surface area contributed by atoms with Gasteiger partial charge in [-0.2, -0.15) is 0 Å². The van der Waals surface area contributed by atoms with E-state index in [0.29, 0.717) is 37.4 Å². The highest BCUT2D eigenvalue weighted by Gasteiger charge is 2.30. The summed E-state index contributed by atoms with van der Waals surface area (Å²) >= 11 is 1.59. The molecule has 2 aliphatic rings. The zero-order chi connectivity index (χ0) is 23.1. The first-order chi connectivity index (χ1) is 15.9. The molecule has 4 heterocycles. The largest absolute Gasteiger partial charge is 0.346 e. The maximum absolute atomic E-state index is 13.8. The molecule has 1 saturated heterocycles. The quantitative estimate of drug-likeness (QED) is 0.617. The number of hydrogen-bond donors (Lipinski definition) is 1. The van der Waals surface area contributed by atoms with Gasteiger partial charge in [0, 0.05) is 55.9 Å². The van der Waals surface area contributed by atoms with E-state index < -0.39 is 11.2 Å². The van der Waals surface area contributed by atoms with Crippen LogP contribution in [0.2, 0.25) is 0 Å². The highest BCUT2D eigenvalue weighted by molar-refractivity contribution is 7.13. The molecule has 33 heavy (non-hydrogen) atoms. The summed E-state index contributed by atoms with van der Waals surface area (Å²) in [4.78, 5) is 54.8. The van der Waals surface area contributed by atoms with Gasteiger partial charge < -0.3 is 9.80 Å². The molecule has 3 aromatic heterocycles. The molecule has 0 bridgehead atoms. The zero-order valence-corrected chi connectivity index (χ0v) is 19.7. The molecule has 1 aliphatic carbocycles. The molecule has 0 aromatic carbocycles. The van der Waals surface area contributed by atoms with Gasteiger partial charge in [0.25, 0.3) is 11.5 Å². The van der Waals surface area contributed by atoms with Gasteiger partial charge in [0.15, 0.2) is 10.8 Å². The summed E-state index contributed by atoms with van der Waals surface area (Å²) in [6, 6.07) is 1.78. The van der Waals surface area contributed by atoms with E-state index in [1.165, 1.54) is 4.57 Å². The molecular formula is C23H28N6O3S. The number of pyridine rings is 1. The second kappa shape index (κ2) is 8.74. The van der Waals surface area contributed by atoms with E-state index in [1.807, 2.05) is 24.1 Å². The first-order valence-corrected chi connectivity index (χ1v) is 12.4. The van der Waals surface area contributed by atoms with E-state index in [4.69, 9.17) is 4.98 Å². The lowest BCUT2D eigenvalue weighted by Crippen LogP contribution is -2.37. The van der Waals surface area contributed by atoms with Crippen molar-refractivity contribution in [2.45, 2.75) is 45.6 Å². The van der Waals surface area contributed by atoms with E-state index in [-0.39, 0.29) is 23.1 Å². The van der Waals surface area contributed by atoms with Gasteiger partial charge in [-0.3, -0.25) is 19.1 Å². The van der Waals surface area contributed by atoms with Crippen LogP contribution in [-0.2, 0) is 6.54 Å². The van der Waals surface area contributed by atoms with Crippen LogP contribution in [0.1, 0.15) is 55.1 Å². The Labute approximate surface area is 195 Å². The van der Waals surface area contributed by atoms with Crippen molar-refractivity contribution in [3.05, 3.63) is 49.7 Å². The Morgan fingerprint density at radius 1 is 1.21 bits per heavy atom. The van der Waals surface area contributed by atoms with Crippen LogP contribution in [0.15, 0.2) is 27.2 Å². The van der Waals surface area contributed by atoms with E-state index in [9.17, 15) is 14.4 Å². The second-order valence-corrected chi connectivity index (χ2v) is 10.2. The number of amides is 1. The van der Waals surface area contributed by atoms with Crippen LogP contribution >= 0.6 is 11.3 Å². The molecule has 10 heteroatoms. The molecule has 0 spiro atoms. The Hall–Kier alpha value is -3.01. The van der Waals surface area contributed by atoms with Crippen molar-refractivity contribution >= 4 is 33.4 Å². The average molecular weight is 469 g/mol. The SMILES string of the molecule is CC(C)Cn1c(=O)[nH]c(=O)c2c(C(=O)N3CCCN(c4nccs4)CC3)cc(C3CC3)nc21. The first-order valence-electron chi connectivity index (χ1n) is 11.5. The van der Waals surface area contributed by atoms with Crippen LogP contribution in [-0.4, -0.2) is 56.5 Å². The summed E-state index contributed by atoms with van der Waals surface area (Å²) in [5.74, 6) is 0.294. The van der Waals surface area contributed by atoms with E-state index in [1.54, 1.807) is 23.6 Å². The fourth-order valence-electron chi connectivity index (χ4n) is 4.44. The minimum atomic E-state index is -0.549. The summed E-state index contributed by atoms with van der Waals surface area (Å²) in [5.41, 5.74) is 0.446. The Bertz CT molecular complexity index is 1290. The number of aromatic amines is 1. The van der Waals surface area contributed by atoms with Gasteiger partial charge in [0.1, 0.15) is 0 Å². The predicted octanol–water partition coefficient (Wildman–Crippen LogP) is 2.43. The number of aromatic nitrogens is 4. The Morgan fingerprint density at radius 2 is 2.03 bits per heavy atom. The van der Waals surface area contributed by atoms with Crippen molar-refractivity contribution in [1.29, 1.82) is 0 Å². The molecule has 0 radical (unpaired) electrons. The molecular weight excluding hydrogens is 440 g/mol. The smallest absolute Gasteiger partial charge is 0.330 e. The normalized spacial score (nSPS) is 17.1. The summed E-state index contributed by atoms with van der Waals surface area (Å²) < 4.78 is 1.51. The highest BCUT2D eigenvalue weighted by atomic mass is 32.1. The first kappa shape index (κ1) is 21.8. The number of fused-ring (bicyclic) bond motifs is 1. The van der Waals surface area contributed by atoms with E-state index in [2.05, 4.69) is 14.9 Å². The third-order valence-corrected chi connectivity index (χ3v) is 7.05. The van der Waals surface area contributed by atoms with Gasteiger partial charge in [-0.05, 0) is 31.2 Å². The van der Waals surface area contributed by atoms with Crippen LogP contribution in [0.25, 0.3) is 11.0 Å². The topological polar surface area (TPSA) is 104 Å². The van der Waals surface area contributed by atoms with Crippen molar-refractivity contribution in [3.8, 4) is 0 Å². The van der Waals surface area contributed by atoms with Crippen LogP contribution in [0.3, 0.4) is 0 Å². The Morgan fingerprint density at radius 3 is 2.73 bits per heavy atom. The highest BCUT2D eigenvalue weighted by Crippen LogP contribution is 2.40. The molecule has 1 amide bonds. The summed E-state index contributed by atoms with van der Waals surface area (Å²) in [5, 5.41) is 3.13. The molecule has 9 nitrogen and oxygen atoms in total. The number of hydrogen-bond acceptors (Lipinski definition) is 7. The van der Waals surface area contributed by atoms with Gasteiger partial charge in [0.05, 0.1) is 10.9 Å². The van der Waals surface area contributed by atoms with Gasteiger partial charge in [-0.25, -0.2) is 14.8 Å². The van der Waals surface area contributed by atoms with Gasteiger partial charge >= 0.3 is 5.69 Å². The Kier molecular flexibility index (Phi) is 5.77. The van der Waals surface area contributed by atoms with Crippen molar-refractivity contribution in [2.75, 3.05) is 31.1 Å². The molecule has 1 aliphatic heterocycles. The molecule has 5 rings (SSSR count). The third-order valence-electron chi connectivity index (χ3n) is 6.22.